The van der Waals surface area contributed by atoms with Crippen LogP contribution in [0.5, 0.6) is 5.75 Å². The third-order valence-corrected chi connectivity index (χ3v) is 5.99. The zero-order valence-electron chi connectivity index (χ0n) is 14.9. The van der Waals surface area contributed by atoms with Gasteiger partial charge in [-0.1, -0.05) is 31.5 Å². The van der Waals surface area contributed by atoms with E-state index in [2.05, 4.69) is 52.1 Å². The summed E-state index contributed by atoms with van der Waals surface area (Å²) in [6, 6.07) is 11.5. The lowest BCUT2D eigenvalue weighted by Crippen LogP contribution is -2.07. The first-order chi connectivity index (χ1) is 13.1. The molecule has 0 aliphatic heterocycles. The molecule has 0 saturated heterocycles. The van der Waals surface area contributed by atoms with Gasteiger partial charge in [0.05, 0.1) is 18.6 Å². The molecule has 6 heteroatoms. The monoisotopic (exact) mass is 608 g/mol. The number of halogens is 3. The molecule has 0 bridgehead atoms. The van der Waals surface area contributed by atoms with Crippen molar-refractivity contribution in [2.24, 2.45) is 0 Å². The summed E-state index contributed by atoms with van der Waals surface area (Å²) >= 11 is 10.1. The second kappa shape index (κ2) is 9.60. The van der Waals surface area contributed by atoms with Crippen LogP contribution in [0.1, 0.15) is 41.4 Å². The molecule has 0 aliphatic carbocycles. The Morgan fingerprint density at radius 1 is 1.19 bits per heavy atom. The first-order valence-corrected chi connectivity index (χ1v) is 11.5. The molecule has 0 fully saturated rings. The quantitative estimate of drug-likeness (QED) is 0.160. The zero-order valence-corrected chi connectivity index (χ0v) is 19.9. The number of ketones is 1. The van der Waals surface area contributed by atoms with Crippen molar-refractivity contribution in [1.82, 2.24) is 0 Å². The summed E-state index contributed by atoms with van der Waals surface area (Å²) in [5.74, 6) is 1.97. The molecule has 0 N–H and O–H groups in total. The van der Waals surface area contributed by atoms with Gasteiger partial charge in [0.1, 0.15) is 23.7 Å². The normalized spacial score (nSPS) is 11.1. The summed E-state index contributed by atoms with van der Waals surface area (Å²) in [6.45, 7) is 2.57. The highest BCUT2D eigenvalue weighted by Crippen LogP contribution is 2.33. The fraction of sp³-hybridized carbons (Fsp3) is 0.286. The zero-order chi connectivity index (χ0) is 19.4. The Kier molecular flexibility index (Phi) is 7.44. The molecule has 3 rings (SSSR count). The number of para-hydroxylation sites is 1. The Labute approximate surface area is 191 Å². The highest BCUT2D eigenvalue weighted by Gasteiger charge is 2.23. The van der Waals surface area contributed by atoms with Gasteiger partial charge in [-0.3, -0.25) is 4.79 Å². The van der Waals surface area contributed by atoms with Crippen LogP contribution in [0, 0.1) is 7.14 Å². The summed E-state index contributed by atoms with van der Waals surface area (Å²) in [5, 5.41) is 0.876. The maximum absolute atomic E-state index is 13.4. The molecule has 3 nitrogen and oxygen atoms in total. The third kappa shape index (κ3) is 4.62. The smallest absolute Gasteiger partial charge is 0.197 e. The molecular formula is C21H19ClI2O3. The lowest BCUT2D eigenvalue weighted by atomic mass is 9.98. The van der Waals surface area contributed by atoms with Crippen molar-refractivity contribution >= 4 is 73.5 Å². The molecule has 0 radical (unpaired) electrons. The van der Waals surface area contributed by atoms with E-state index in [1.54, 1.807) is 0 Å². The number of fused-ring (bicyclic) bond motifs is 1. The fourth-order valence-corrected chi connectivity index (χ4v) is 5.13. The average molecular weight is 609 g/mol. The van der Waals surface area contributed by atoms with Crippen LogP contribution in [0.3, 0.4) is 0 Å². The molecule has 142 valence electrons. The number of hydrogen-bond acceptors (Lipinski definition) is 3. The van der Waals surface area contributed by atoms with E-state index in [0.717, 1.165) is 48.9 Å². The van der Waals surface area contributed by atoms with E-state index >= 15 is 0 Å². The molecule has 0 saturated carbocycles. The van der Waals surface area contributed by atoms with E-state index in [0.29, 0.717) is 23.6 Å². The van der Waals surface area contributed by atoms with E-state index in [4.69, 9.17) is 20.8 Å². The van der Waals surface area contributed by atoms with Crippen LogP contribution in [-0.4, -0.2) is 18.3 Å². The van der Waals surface area contributed by atoms with Gasteiger partial charge in [-0.15, -0.1) is 11.6 Å². The number of benzene rings is 2. The van der Waals surface area contributed by atoms with E-state index in [-0.39, 0.29) is 5.78 Å². The third-order valence-electron chi connectivity index (χ3n) is 4.24. The van der Waals surface area contributed by atoms with Gasteiger partial charge in [0.15, 0.2) is 5.78 Å². The maximum atomic E-state index is 13.4. The van der Waals surface area contributed by atoms with Gasteiger partial charge in [-0.2, -0.15) is 0 Å². The topological polar surface area (TPSA) is 39.4 Å². The minimum absolute atomic E-state index is 0.00854. The van der Waals surface area contributed by atoms with Crippen molar-refractivity contribution in [3.8, 4) is 5.75 Å². The Hall–Kier alpha value is -0.800. The van der Waals surface area contributed by atoms with Gasteiger partial charge < -0.3 is 9.15 Å². The van der Waals surface area contributed by atoms with E-state index in [1.165, 1.54) is 0 Å². The number of ether oxygens (including phenoxy) is 1. The van der Waals surface area contributed by atoms with Gasteiger partial charge in [0.2, 0.25) is 0 Å². The lowest BCUT2D eigenvalue weighted by Gasteiger charge is -2.11. The number of aryl methyl sites for hydroxylation is 1. The molecule has 1 aromatic heterocycles. The lowest BCUT2D eigenvalue weighted by molar-refractivity contribution is 0.103. The van der Waals surface area contributed by atoms with Crippen LogP contribution in [-0.2, 0) is 6.42 Å². The minimum Gasteiger partial charge on any atom is -0.490 e. The molecule has 3 aromatic rings. The molecule has 2 aromatic carbocycles. The number of carbonyl (C=O) groups is 1. The first kappa shape index (κ1) is 20.9. The van der Waals surface area contributed by atoms with Crippen LogP contribution in [0.2, 0.25) is 0 Å². The van der Waals surface area contributed by atoms with E-state index in [1.807, 2.05) is 36.4 Å². The molecule has 1 heterocycles. The summed E-state index contributed by atoms with van der Waals surface area (Å²) in [7, 11) is 0. The largest absolute Gasteiger partial charge is 0.490 e. The summed E-state index contributed by atoms with van der Waals surface area (Å²) in [6.07, 6.45) is 2.80. The number of carbonyl (C=O) groups excluding carboxylic acids is 1. The Morgan fingerprint density at radius 2 is 1.89 bits per heavy atom. The summed E-state index contributed by atoms with van der Waals surface area (Å²) in [4.78, 5) is 13.4. The number of alkyl halides is 1. The minimum atomic E-state index is -0.00854. The molecule has 0 atom stereocenters. The van der Waals surface area contributed by atoms with Crippen molar-refractivity contribution in [3.63, 3.8) is 0 Å². The predicted molar refractivity (Wildman–Crippen MR) is 126 cm³/mol. The summed E-state index contributed by atoms with van der Waals surface area (Å²) in [5.41, 5.74) is 2.09. The van der Waals surface area contributed by atoms with Crippen LogP contribution >= 0.6 is 56.8 Å². The molecule has 0 aliphatic rings. The van der Waals surface area contributed by atoms with Crippen LogP contribution in [0.15, 0.2) is 40.8 Å². The molecular weight excluding hydrogens is 589 g/mol. The van der Waals surface area contributed by atoms with Gasteiger partial charge in [-0.05, 0) is 69.8 Å². The fourth-order valence-electron chi connectivity index (χ4n) is 2.97. The van der Waals surface area contributed by atoms with Crippen LogP contribution in [0.4, 0.5) is 0 Å². The van der Waals surface area contributed by atoms with E-state index in [9.17, 15) is 4.79 Å². The van der Waals surface area contributed by atoms with E-state index < -0.39 is 0 Å². The molecule has 0 spiro atoms. The predicted octanol–water partition coefficient (Wildman–Crippen LogP) is 6.83. The van der Waals surface area contributed by atoms with Crippen LogP contribution in [0.25, 0.3) is 11.0 Å². The number of rotatable bonds is 8. The Morgan fingerprint density at radius 3 is 2.56 bits per heavy atom. The second-order valence-corrected chi connectivity index (χ2v) is 8.84. The summed E-state index contributed by atoms with van der Waals surface area (Å²) < 4.78 is 13.5. The van der Waals surface area contributed by atoms with Crippen molar-refractivity contribution in [2.75, 3.05) is 12.5 Å². The molecule has 27 heavy (non-hydrogen) atoms. The van der Waals surface area contributed by atoms with Crippen molar-refractivity contribution in [3.05, 3.63) is 60.4 Å². The average Bonchev–Trinajstić information content (AvgIpc) is 3.03. The Balaban J connectivity index is 2.05. The highest BCUT2D eigenvalue weighted by atomic mass is 127. The molecule has 0 amide bonds. The number of furan rings is 1. The van der Waals surface area contributed by atoms with Crippen molar-refractivity contribution in [1.29, 1.82) is 0 Å². The maximum Gasteiger partial charge on any atom is 0.197 e. The van der Waals surface area contributed by atoms with Crippen molar-refractivity contribution in [2.45, 2.75) is 26.2 Å². The standard InChI is InChI=1S/C21H19ClI2O3/c1-2-3-7-18-19(14-6-4-5-8-17(14)27-18)20(25)13-11-15(23)21(16(24)12-13)26-10-9-22/h4-6,8,11-12H,2-3,7,9-10H2,1H3. The molecule has 0 unspecified atom stereocenters. The Bertz CT molecular complexity index is 942. The highest BCUT2D eigenvalue weighted by molar-refractivity contribution is 14.1. The number of unbranched alkanes of at least 4 members (excludes halogenated alkanes) is 1. The second-order valence-electron chi connectivity index (χ2n) is 6.14. The van der Waals surface area contributed by atoms with Gasteiger partial charge in [0.25, 0.3) is 0 Å². The van der Waals surface area contributed by atoms with Crippen molar-refractivity contribution < 1.29 is 13.9 Å². The first-order valence-electron chi connectivity index (χ1n) is 8.79. The SMILES string of the molecule is CCCCc1oc2ccccc2c1C(=O)c1cc(I)c(OCCCl)c(I)c1. The van der Waals surface area contributed by atoms with Gasteiger partial charge in [0, 0.05) is 17.4 Å². The number of hydrogen-bond donors (Lipinski definition) is 0. The van der Waals surface area contributed by atoms with Gasteiger partial charge >= 0.3 is 0 Å². The van der Waals surface area contributed by atoms with Gasteiger partial charge in [-0.25, -0.2) is 0 Å². The van der Waals surface area contributed by atoms with Crippen LogP contribution < -0.4 is 4.74 Å².